The molecule has 0 radical (unpaired) electrons. The van der Waals surface area contributed by atoms with E-state index in [2.05, 4.69) is 30.5 Å². The average molecular weight is 260 g/mol. The molecule has 0 atom stereocenters. The first-order valence-corrected chi connectivity index (χ1v) is 7.34. The summed E-state index contributed by atoms with van der Waals surface area (Å²) in [6, 6.07) is 8.24. The Labute approximate surface area is 115 Å². The first-order chi connectivity index (χ1) is 9.19. The maximum absolute atomic E-state index is 12.0. The van der Waals surface area contributed by atoms with Crippen LogP contribution in [0.1, 0.15) is 45.1 Å². The number of carbonyl (C=O) groups excluding carboxylic acids is 1. The summed E-state index contributed by atoms with van der Waals surface area (Å²) >= 11 is 0. The van der Waals surface area contributed by atoms with Gasteiger partial charge in [-0.3, -0.25) is 0 Å². The van der Waals surface area contributed by atoms with Gasteiger partial charge < -0.3 is 10.6 Å². The second-order valence-corrected chi connectivity index (χ2v) is 5.57. The van der Waals surface area contributed by atoms with Crippen molar-refractivity contribution >= 4 is 11.7 Å². The minimum absolute atomic E-state index is 0.0690. The molecular weight excluding hydrogens is 236 g/mol. The number of anilines is 1. The van der Waals surface area contributed by atoms with Gasteiger partial charge in [0.05, 0.1) is 0 Å². The van der Waals surface area contributed by atoms with Gasteiger partial charge in [-0.05, 0) is 49.7 Å². The number of carbonyl (C=O) groups is 1. The Morgan fingerprint density at radius 2 is 1.89 bits per heavy atom. The lowest BCUT2D eigenvalue weighted by Gasteiger charge is -2.27. The van der Waals surface area contributed by atoms with Crippen molar-refractivity contribution in [2.45, 2.75) is 52.0 Å². The second kappa shape index (κ2) is 6.60. The summed E-state index contributed by atoms with van der Waals surface area (Å²) in [6.07, 6.45) is 5.57. The van der Waals surface area contributed by atoms with E-state index >= 15 is 0 Å². The van der Waals surface area contributed by atoms with Gasteiger partial charge in [0.2, 0.25) is 0 Å². The molecule has 2 rings (SSSR count). The number of aryl methyl sites for hydroxylation is 1. The Hall–Kier alpha value is -1.51. The van der Waals surface area contributed by atoms with Crippen LogP contribution in [0.4, 0.5) is 10.5 Å². The number of amides is 2. The van der Waals surface area contributed by atoms with Crippen LogP contribution >= 0.6 is 0 Å². The van der Waals surface area contributed by atoms with Gasteiger partial charge in [0.15, 0.2) is 0 Å². The molecule has 19 heavy (non-hydrogen) atoms. The van der Waals surface area contributed by atoms with E-state index in [1.807, 2.05) is 18.2 Å². The van der Waals surface area contributed by atoms with E-state index in [0.717, 1.165) is 30.9 Å². The third-order valence-electron chi connectivity index (χ3n) is 4.00. The fourth-order valence-electron chi connectivity index (χ4n) is 2.70. The van der Waals surface area contributed by atoms with Crippen LogP contribution in [0.5, 0.6) is 0 Å². The molecule has 0 spiro atoms. The van der Waals surface area contributed by atoms with E-state index in [-0.39, 0.29) is 6.03 Å². The van der Waals surface area contributed by atoms with Crippen molar-refractivity contribution in [2.75, 3.05) is 5.32 Å². The molecule has 1 aliphatic rings. The normalized spacial score (nSPS) is 22.8. The Morgan fingerprint density at radius 1 is 1.21 bits per heavy atom. The van der Waals surface area contributed by atoms with Crippen LogP contribution in [0.2, 0.25) is 0 Å². The first kappa shape index (κ1) is 13.9. The van der Waals surface area contributed by atoms with Crippen molar-refractivity contribution in [3.63, 3.8) is 0 Å². The van der Waals surface area contributed by atoms with E-state index in [1.165, 1.54) is 18.4 Å². The van der Waals surface area contributed by atoms with Crippen LogP contribution in [0.25, 0.3) is 0 Å². The summed E-state index contributed by atoms with van der Waals surface area (Å²) < 4.78 is 0. The van der Waals surface area contributed by atoms with E-state index in [9.17, 15) is 4.79 Å². The number of nitrogens with one attached hydrogen (secondary N) is 2. The van der Waals surface area contributed by atoms with Gasteiger partial charge in [-0.15, -0.1) is 0 Å². The van der Waals surface area contributed by atoms with Crippen molar-refractivity contribution in [1.29, 1.82) is 0 Å². The van der Waals surface area contributed by atoms with Crippen molar-refractivity contribution in [2.24, 2.45) is 5.92 Å². The molecule has 1 aromatic rings. The van der Waals surface area contributed by atoms with Crippen LogP contribution in [0, 0.1) is 5.92 Å². The zero-order valence-corrected chi connectivity index (χ0v) is 11.9. The van der Waals surface area contributed by atoms with Gasteiger partial charge in [0, 0.05) is 11.7 Å². The summed E-state index contributed by atoms with van der Waals surface area (Å²) in [4.78, 5) is 12.0. The third kappa shape index (κ3) is 3.98. The van der Waals surface area contributed by atoms with Crippen LogP contribution in [-0.2, 0) is 6.42 Å². The lowest BCUT2D eigenvalue weighted by Crippen LogP contribution is -2.40. The molecule has 0 bridgehead atoms. The molecule has 104 valence electrons. The summed E-state index contributed by atoms with van der Waals surface area (Å²) in [7, 11) is 0. The molecule has 0 saturated heterocycles. The zero-order valence-electron chi connectivity index (χ0n) is 11.9. The number of benzene rings is 1. The SMILES string of the molecule is CCc1ccccc1NC(=O)NC1CCC(C)CC1. The Morgan fingerprint density at radius 3 is 2.58 bits per heavy atom. The lowest BCUT2D eigenvalue weighted by molar-refractivity contribution is 0.239. The molecule has 2 N–H and O–H groups in total. The van der Waals surface area contributed by atoms with Gasteiger partial charge in [-0.1, -0.05) is 32.0 Å². The van der Waals surface area contributed by atoms with Crippen molar-refractivity contribution in [3.8, 4) is 0 Å². The lowest BCUT2D eigenvalue weighted by atomic mass is 9.87. The topological polar surface area (TPSA) is 41.1 Å². The molecule has 1 aliphatic carbocycles. The van der Waals surface area contributed by atoms with Gasteiger partial charge in [0.25, 0.3) is 0 Å². The van der Waals surface area contributed by atoms with Gasteiger partial charge in [-0.25, -0.2) is 4.79 Å². The maximum atomic E-state index is 12.0. The fourth-order valence-corrected chi connectivity index (χ4v) is 2.70. The molecule has 0 aliphatic heterocycles. The monoisotopic (exact) mass is 260 g/mol. The molecule has 0 unspecified atom stereocenters. The predicted molar refractivity (Wildman–Crippen MR) is 79.4 cm³/mol. The highest BCUT2D eigenvalue weighted by atomic mass is 16.2. The van der Waals surface area contributed by atoms with Crippen LogP contribution in [-0.4, -0.2) is 12.1 Å². The minimum Gasteiger partial charge on any atom is -0.335 e. The van der Waals surface area contributed by atoms with Crippen LogP contribution < -0.4 is 10.6 Å². The molecular formula is C16H24N2O. The smallest absolute Gasteiger partial charge is 0.319 e. The average Bonchev–Trinajstić information content (AvgIpc) is 2.42. The minimum atomic E-state index is -0.0690. The Bertz CT molecular complexity index is 423. The maximum Gasteiger partial charge on any atom is 0.319 e. The molecule has 0 aromatic heterocycles. The first-order valence-electron chi connectivity index (χ1n) is 7.34. The molecule has 1 saturated carbocycles. The van der Waals surface area contributed by atoms with E-state index < -0.39 is 0 Å². The summed E-state index contributed by atoms with van der Waals surface area (Å²) in [5, 5.41) is 6.06. The third-order valence-corrected chi connectivity index (χ3v) is 4.00. The number of para-hydroxylation sites is 1. The number of hydrogen-bond acceptors (Lipinski definition) is 1. The zero-order chi connectivity index (χ0) is 13.7. The molecule has 0 heterocycles. The van der Waals surface area contributed by atoms with Crippen LogP contribution in [0.3, 0.4) is 0 Å². The molecule has 1 aromatic carbocycles. The molecule has 3 heteroatoms. The van der Waals surface area contributed by atoms with Crippen molar-refractivity contribution in [3.05, 3.63) is 29.8 Å². The number of hydrogen-bond donors (Lipinski definition) is 2. The van der Waals surface area contributed by atoms with Gasteiger partial charge >= 0.3 is 6.03 Å². The number of rotatable bonds is 3. The quantitative estimate of drug-likeness (QED) is 0.849. The standard InChI is InChI=1S/C16H24N2O/c1-3-13-6-4-5-7-15(13)18-16(19)17-14-10-8-12(2)9-11-14/h4-7,12,14H,3,8-11H2,1-2H3,(H2,17,18,19). The highest BCUT2D eigenvalue weighted by Gasteiger charge is 2.19. The fraction of sp³-hybridized carbons (Fsp3) is 0.562. The van der Waals surface area contributed by atoms with E-state index in [0.29, 0.717) is 6.04 Å². The van der Waals surface area contributed by atoms with Crippen molar-refractivity contribution < 1.29 is 4.79 Å². The highest BCUT2D eigenvalue weighted by molar-refractivity contribution is 5.90. The summed E-state index contributed by atoms with van der Waals surface area (Å²) in [5.74, 6) is 0.807. The van der Waals surface area contributed by atoms with Gasteiger partial charge in [0.1, 0.15) is 0 Å². The summed E-state index contributed by atoms with van der Waals surface area (Å²) in [6.45, 7) is 4.38. The van der Waals surface area contributed by atoms with Crippen LogP contribution in [0.15, 0.2) is 24.3 Å². The highest BCUT2D eigenvalue weighted by Crippen LogP contribution is 2.23. The van der Waals surface area contributed by atoms with E-state index in [4.69, 9.17) is 0 Å². The molecule has 1 fully saturated rings. The number of urea groups is 1. The van der Waals surface area contributed by atoms with Crippen molar-refractivity contribution in [1.82, 2.24) is 5.32 Å². The molecule has 2 amide bonds. The largest absolute Gasteiger partial charge is 0.335 e. The Balaban J connectivity index is 1.87. The molecule has 3 nitrogen and oxygen atoms in total. The Kier molecular flexibility index (Phi) is 4.83. The summed E-state index contributed by atoms with van der Waals surface area (Å²) in [5.41, 5.74) is 2.10. The predicted octanol–water partition coefficient (Wildman–Crippen LogP) is 3.95. The second-order valence-electron chi connectivity index (χ2n) is 5.57. The van der Waals surface area contributed by atoms with Gasteiger partial charge in [-0.2, -0.15) is 0 Å². The van der Waals surface area contributed by atoms with E-state index in [1.54, 1.807) is 0 Å².